The van der Waals surface area contributed by atoms with Crippen molar-refractivity contribution in [2.24, 2.45) is 0 Å². The van der Waals surface area contributed by atoms with Crippen molar-refractivity contribution in [3.63, 3.8) is 0 Å². The highest BCUT2D eigenvalue weighted by atomic mass is 16.6. The molecule has 0 aromatic heterocycles. The van der Waals surface area contributed by atoms with Crippen LogP contribution >= 0.6 is 0 Å². The third-order valence-electron chi connectivity index (χ3n) is 11.7. The normalized spacial score (nSPS) is 12.5. The van der Waals surface area contributed by atoms with E-state index in [9.17, 15) is 14.4 Å². The van der Waals surface area contributed by atoms with Gasteiger partial charge in [-0.1, -0.05) is 236 Å². The number of hydrogen-bond acceptors (Lipinski definition) is 6. The predicted octanol–water partition coefficient (Wildman–Crippen LogP) is 18.0. The van der Waals surface area contributed by atoms with Crippen LogP contribution in [-0.2, 0) is 28.6 Å². The lowest BCUT2D eigenvalue weighted by Gasteiger charge is -2.18. The first-order chi connectivity index (χ1) is 31.5. The molecule has 0 bridgehead atoms. The second-order valence-corrected chi connectivity index (χ2v) is 18.1. The van der Waals surface area contributed by atoms with E-state index in [1.54, 1.807) is 0 Å². The Bertz CT molecular complexity index is 1170. The Morgan fingerprint density at radius 3 is 1.03 bits per heavy atom. The zero-order chi connectivity index (χ0) is 46.5. The fourth-order valence-corrected chi connectivity index (χ4v) is 7.67. The van der Waals surface area contributed by atoms with Crippen molar-refractivity contribution in [3.05, 3.63) is 60.8 Å². The Labute approximate surface area is 396 Å². The van der Waals surface area contributed by atoms with Gasteiger partial charge in [0.15, 0.2) is 6.10 Å². The second-order valence-electron chi connectivity index (χ2n) is 18.1. The summed E-state index contributed by atoms with van der Waals surface area (Å²) in [5.41, 5.74) is 0. The molecular weight excluding hydrogens is 793 g/mol. The number of rotatable bonds is 49. The lowest BCUT2D eigenvalue weighted by molar-refractivity contribution is -0.167. The third kappa shape index (κ3) is 50.1. The quantitative estimate of drug-likeness (QED) is 0.0262. The highest BCUT2D eigenvalue weighted by Crippen LogP contribution is 2.16. The first-order valence-electron chi connectivity index (χ1n) is 27.3. The van der Waals surface area contributed by atoms with Crippen LogP contribution in [-0.4, -0.2) is 37.2 Å². The minimum absolute atomic E-state index is 0.0814. The molecule has 0 saturated heterocycles. The van der Waals surface area contributed by atoms with Gasteiger partial charge in [0.2, 0.25) is 0 Å². The van der Waals surface area contributed by atoms with E-state index in [4.69, 9.17) is 14.2 Å². The van der Waals surface area contributed by atoms with Gasteiger partial charge >= 0.3 is 17.9 Å². The standard InChI is InChI=1S/C58H102O6/c1-4-7-10-13-16-19-22-24-26-28-29-31-32-34-36-39-42-45-48-51-57(60)63-54-55(53-62-56(59)50-47-44-41-38-21-18-15-12-9-6-3)64-58(61)52-49-46-43-40-37-35-33-30-27-25-23-20-17-14-11-8-5-2/h7,10,12,15-16,19,24,26,29,31,55H,4-6,8-9,11,13-14,17-18,20-23,25,27-28,30,32-54H2,1-3H3/b10-7-,15-12-,19-16-,26-24-,31-29-. The van der Waals surface area contributed by atoms with E-state index in [-0.39, 0.29) is 31.1 Å². The topological polar surface area (TPSA) is 78.9 Å². The first kappa shape index (κ1) is 61.1. The molecule has 0 fully saturated rings. The van der Waals surface area contributed by atoms with Crippen LogP contribution in [0.15, 0.2) is 60.8 Å². The summed E-state index contributed by atoms with van der Waals surface area (Å²) in [7, 11) is 0. The molecule has 0 aliphatic carbocycles. The number of unbranched alkanes of at least 4 members (excludes halogenated alkanes) is 28. The Morgan fingerprint density at radius 2 is 0.641 bits per heavy atom. The van der Waals surface area contributed by atoms with Gasteiger partial charge in [0, 0.05) is 19.3 Å². The van der Waals surface area contributed by atoms with Gasteiger partial charge in [-0.15, -0.1) is 0 Å². The SMILES string of the molecule is CC/C=C\C/C=C\C/C=C\C/C=C\CCCCCCCCC(=O)OCC(COC(=O)CCCCCCC/C=C\CCC)OC(=O)CCCCCCCCCCCCCCCCCCC. The summed E-state index contributed by atoms with van der Waals surface area (Å²) >= 11 is 0. The molecule has 0 aromatic rings. The molecule has 6 nitrogen and oxygen atoms in total. The van der Waals surface area contributed by atoms with Gasteiger partial charge < -0.3 is 14.2 Å². The van der Waals surface area contributed by atoms with E-state index in [0.717, 1.165) is 103 Å². The Kier molecular flexibility index (Phi) is 50.4. The van der Waals surface area contributed by atoms with Crippen molar-refractivity contribution in [2.75, 3.05) is 13.2 Å². The van der Waals surface area contributed by atoms with Gasteiger partial charge in [0.25, 0.3) is 0 Å². The molecule has 0 aliphatic heterocycles. The van der Waals surface area contributed by atoms with Crippen LogP contribution in [0.5, 0.6) is 0 Å². The first-order valence-corrected chi connectivity index (χ1v) is 27.3. The number of allylic oxidation sites excluding steroid dienone is 10. The Hall–Kier alpha value is -2.89. The van der Waals surface area contributed by atoms with Gasteiger partial charge in [-0.3, -0.25) is 14.4 Å². The molecule has 0 saturated carbocycles. The van der Waals surface area contributed by atoms with Crippen molar-refractivity contribution in [3.8, 4) is 0 Å². The van der Waals surface area contributed by atoms with Crippen molar-refractivity contribution in [1.82, 2.24) is 0 Å². The number of carbonyl (C=O) groups excluding carboxylic acids is 3. The van der Waals surface area contributed by atoms with Gasteiger partial charge in [0.1, 0.15) is 13.2 Å². The van der Waals surface area contributed by atoms with Crippen molar-refractivity contribution in [1.29, 1.82) is 0 Å². The molecule has 6 heteroatoms. The van der Waals surface area contributed by atoms with Crippen LogP contribution in [0.2, 0.25) is 0 Å². The second kappa shape index (κ2) is 52.7. The van der Waals surface area contributed by atoms with Crippen LogP contribution < -0.4 is 0 Å². The number of carbonyl (C=O) groups is 3. The van der Waals surface area contributed by atoms with Crippen LogP contribution in [0.25, 0.3) is 0 Å². The van der Waals surface area contributed by atoms with Crippen LogP contribution in [0.4, 0.5) is 0 Å². The monoisotopic (exact) mass is 895 g/mol. The molecule has 64 heavy (non-hydrogen) atoms. The number of esters is 3. The van der Waals surface area contributed by atoms with Gasteiger partial charge in [-0.05, 0) is 77.0 Å². The fraction of sp³-hybridized carbons (Fsp3) is 0.776. The molecule has 0 spiro atoms. The molecule has 0 aromatic carbocycles. The molecule has 0 aliphatic rings. The Morgan fingerprint density at radius 1 is 0.328 bits per heavy atom. The van der Waals surface area contributed by atoms with Crippen LogP contribution in [0.3, 0.4) is 0 Å². The summed E-state index contributed by atoms with van der Waals surface area (Å²) in [6, 6.07) is 0. The van der Waals surface area contributed by atoms with Crippen LogP contribution in [0.1, 0.15) is 271 Å². The molecule has 0 radical (unpaired) electrons. The van der Waals surface area contributed by atoms with Crippen molar-refractivity contribution >= 4 is 17.9 Å². The van der Waals surface area contributed by atoms with E-state index in [1.807, 2.05) is 0 Å². The smallest absolute Gasteiger partial charge is 0.306 e. The predicted molar refractivity (Wildman–Crippen MR) is 275 cm³/mol. The van der Waals surface area contributed by atoms with E-state index < -0.39 is 6.10 Å². The summed E-state index contributed by atoms with van der Waals surface area (Å²) in [5.74, 6) is -0.896. The Balaban J connectivity index is 4.33. The van der Waals surface area contributed by atoms with E-state index in [2.05, 4.69) is 81.5 Å². The zero-order valence-electron chi connectivity index (χ0n) is 42.3. The van der Waals surface area contributed by atoms with Crippen molar-refractivity contribution in [2.45, 2.75) is 277 Å². The lowest BCUT2D eigenvalue weighted by atomic mass is 10.0. The zero-order valence-corrected chi connectivity index (χ0v) is 42.3. The molecule has 0 rings (SSSR count). The molecule has 0 N–H and O–H groups in total. The summed E-state index contributed by atoms with van der Waals surface area (Å²) in [5, 5.41) is 0. The highest BCUT2D eigenvalue weighted by Gasteiger charge is 2.19. The minimum atomic E-state index is -0.780. The molecule has 0 amide bonds. The van der Waals surface area contributed by atoms with Crippen molar-refractivity contribution < 1.29 is 28.6 Å². The fourth-order valence-electron chi connectivity index (χ4n) is 7.67. The molecule has 1 unspecified atom stereocenters. The summed E-state index contributed by atoms with van der Waals surface area (Å²) < 4.78 is 16.8. The molecular formula is C58H102O6. The largest absolute Gasteiger partial charge is 0.462 e. The maximum absolute atomic E-state index is 12.8. The van der Waals surface area contributed by atoms with E-state index in [1.165, 1.54) is 128 Å². The average molecular weight is 895 g/mol. The van der Waals surface area contributed by atoms with Gasteiger partial charge in [0.05, 0.1) is 0 Å². The highest BCUT2D eigenvalue weighted by molar-refractivity contribution is 5.71. The average Bonchev–Trinajstić information content (AvgIpc) is 3.29. The number of ether oxygens (including phenoxy) is 3. The molecule has 0 heterocycles. The lowest BCUT2D eigenvalue weighted by Crippen LogP contribution is -2.30. The number of hydrogen-bond donors (Lipinski definition) is 0. The van der Waals surface area contributed by atoms with Gasteiger partial charge in [-0.25, -0.2) is 0 Å². The third-order valence-corrected chi connectivity index (χ3v) is 11.7. The molecule has 370 valence electrons. The van der Waals surface area contributed by atoms with E-state index >= 15 is 0 Å². The maximum atomic E-state index is 12.8. The minimum Gasteiger partial charge on any atom is -0.462 e. The van der Waals surface area contributed by atoms with E-state index in [0.29, 0.717) is 19.3 Å². The van der Waals surface area contributed by atoms with Crippen LogP contribution in [0, 0.1) is 0 Å². The summed E-state index contributed by atoms with van der Waals surface area (Å²) in [6.45, 7) is 6.47. The summed E-state index contributed by atoms with van der Waals surface area (Å²) in [6.07, 6.45) is 65.0. The van der Waals surface area contributed by atoms with Gasteiger partial charge in [-0.2, -0.15) is 0 Å². The maximum Gasteiger partial charge on any atom is 0.306 e. The summed E-state index contributed by atoms with van der Waals surface area (Å²) in [4.78, 5) is 38.0. The molecule has 1 atom stereocenters.